The fourth-order valence-electron chi connectivity index (χ4n) is 4.02. The van der Waals surface area contributed by atoms with Crippen molar-refractivity contribution < 1.29 is 4.74 Å². The second kappa shape index (κ2) is 7.82. The lowest BCUT2D eigenvalue weighted by atomic mass is 10.00. The van der Waals surface area contributed by atoms with Gasteiger partial charge in [-0.25, -0.2) is 9.97 Å². The lowest BCUT2D eigenvalue weighted by molar-refractivity contribution is -0.0837. The largest absolute Gasteiger partial charge is 0.378 e. The van der Waals surface area contributed by atoms with Crippen LogP contribution in [0.5, 0.6) is 0 Å². The van der Waals surface area contributed by atoms with E-state index in [0.29, 0.717) is 18.0 Å². The highest BCUT2D eigenvalue weighted by atomic mass is 16.5. The molecule has 26 heavy (non-hydrogen) atoms. The van der Waals surface area contributed by atoms with Crippen LogP contribution in [0.4, 0.5) is 0 Å². The summed E-state index contributed by atoms with van der Waals surface area (Å²) in [6.07, 6.45) is 1.89. The van der Waals surface area contributed by atoms with Gasteiger partial charge in [-0.15, -0.1) is 0 Å². The average Bonchev–Trinajstić information content (AvgIpc) is 2.68. The number of rotatable bonds is 4. The Morgan fingerprint density at radius 2 is 1.96 bits per heavy atom. The molecule has 5 heteroatoms. The van der Waals surface area contributed by atoms with Crippen molar-refractivity contribution >= 4 is 0 Å². The molecule has 0 amide bonds. The van der Waals surface area contributed by atoms with Gasteiger partial charge in [0.1, 0.15) is 5.82 Å². The number of piperazine rings is 1. The van der Waals surface area contributed by atoms with Crippen molar-refractivity contribution in [2.45, 2.75) is 38.4 Å². The topological polar surface area (TPSA) is 41.5 Å². The minimum Gasteiger partial charge on any atom is -0.378 e. The second-order valence-corrected chi connectivity index (χ2v) is 7.65. The molecule has 2 saturated heterocycles. The Morgan fingerprint density at radius 1 is 1.12 bits per heavy atom. The van der Waals surface area contributed by atoms with E-state index in [9.17, 15) is 0 Å². The third kappa shape index (κ3) is 3.80. The van der Waals surface area contributed by atoms with Gasteiger partial charge in [-0.3, -0.25) is 9.80 Å². The molecule has 3 heterocycles. The SMILES string of the molecule is CC(C)c1nccc(CN2CCN3[C@@H](COC[C@@H]3c3ccccc3)C2)n1. The molecule has 4 rings (SSSR count). The van der Waals surface area contributed by atoms with Crippen molar-refractivity contribution in [1.29, 1.82) is 0 Å². The summed E-state index contributed by atoms with van der Waals surface area (Å²) in [7, 11) is 0. The van der Waals surface area contributed by atoms with Gasteiger partial charge in [-0.2, -0.15) is 0 Å². The van der Waals surface area contributed by atoms with Gasteiger partial charge >= 0.3 is 0 Å². The van der Waals surface area contributed by atoms with E-state index >= 15 is 0 Å². The quantitative estimate of drug-likeness (QED) is 0.846. The Morgan fingerprint density at radius 3 is 2.77 bits per heavy atom. The van der Waals surface area contributed by atoms with Gasteiger partial charge in [-0.1, -0.05) is 44.2 Å². The highest BCUT2D eigenvalue weighted by Crippen LogP contribution is 2.29. The summed E-state index contributed by atoms with van der Waals surface area (Å²) in [5, 5.41) is 0. The molecule has 0 aliphatic carbocycles. The monoisotopic (exact) mass is 352 g/mol. The maximum atomic E-state index is 5.96. The number of benzene rings is 1. The van der Waals surface area contributed by atoms with Crippen LogP contribution in [0, 0.1) is 0 Å². The Labute approximate surface area is 156 Å². The van der Waals surface area contributed by atoms with Crippen LogP contribution in [0.15, 0.2) is 42.6 Å². The normalized spacial score (nSPS) is 24.6. The molecule has 0 N–H and O–H groups in total. The maximum absolute atomic E-state index is 5.96. The first-order chi connectivity index (χ1) is 12.7. The van der Waals surface area contributed by atoms with Crippen LogP contribution in [0.1, 0.15) is 42.9 Å². The zero-order chi connectivity index (χ0) is 17.9. The average molecular weight is 352 g/mol. The van der Waals surface area contributed by atoms with Crippen molar-refractivity contribution in [2.75, 3.05) is 32.8 Å². The molecule has 1 aromatic heterocycles. The van der Waals surface area contributed by atoms with E-state index in [2.05, 4.69) is 59.0 Å². The van der Waals surface area contributed by atoms with E-state index in [-0.39, 0.29) is 0 Å². The van der Waals surface area contributed by atoms with E-state index < -0.39 is 0 Å². The molecule has 1 aromatic carbocycles. The minimum absolute atomic E-state index is 0.366. The number of hydrogen-bond acceptors (Lipinski definition) is 5. The number of aromatic nitrogens is 2. The predicted molar refractivity (Wildman–Crippen MR) is 102 cm³/mol. The zero-order valence-corrected chi connectivity index (χ0v) is 15.7. The molecule has 2 aliphatic rings. The summed E-state index contributed by atoms with van der Waals surface area (Å²) in [6.45, 7) is 9.97. The molecule has 0 radical (unpaired) electrons. The Hall–Kier alpha value is -1.82. The van der Waals surface area contributed by atoms with Gasteiger partial charge in [-0.05, 0) is 11.6 Å². The molecular weight excluding hydrogens is 324 g/mol. The molecule has 2 aromatic rings. The van der Waals surface area contributed by atoms with Crippen LogP contribution in [0.25, 0.3) is 0 Å². The number of fused-ring (bicyclic) bond motifs is 1. The first kappa shape index (κ1) is 17.6. The molecule has 0 saturated carbocycles. The summed E-state index contributed by atoms with van der Waals surface area (Å²) in [5.74, 6) is 1.30. The Kier molecular flexibility index (Phi) is 5.29. The minimum atomic E-state index is 0.366. The molecule has 0 spiro atoms. The standard InChI is InChI=1S/C21H28N4O/c1-16(2)21-22-9-8-18(23-21)12-24-10-11-25-19(13-24)14-26-15-20(25)17-6-4-3-5-7-17/h3-9,16,19-20H,10-15H2,1-2H3/t19-,20-/m1/s1. The van der Waals surface area contributed by atoms with E-state index in [1.54, 1.807) is 0 Å². The van der Waals surface area contributed by atoms with Crippen LogP contribution in [-0.2, 0) is 11.3 Å². The Bertz CT molecular complexity index is 721. The van der Waals surface area contributed by atoms with E-state index in [4.69, 9.17) is 9.72 Å². The van der Waals surface area contributed by atoms with Crippen LogP contribution in [0.2, 0.25) is 0 Å². The first-order valence-electron chi connectivity index (χ1n) is 9.63. The van der Waals surface area contributed by atoms with Gasteiger partial charge in [0.25, 0.3) is 0 Å². The lowest BCUT2D eigenvalue weighted by Crippen LogP contribution is -2.58. The van der Waals surface area contributed by atoms with Gasteiger partial charge in [0, 0.05) is 44.3 Å². The first-order valence-corrected chi connectivity index (χ1v) is 9.63. The van der Waals surface area contributed by atoms with Crippen molar-refractivity contribution in [2.24, 2.45) is 0 Å². The number of hydrogen-bond donors (Lipinski definition) is 0. The molecule has 2 fully saturated rings. The fourth-order valence-corrected chi connectivity index (χ4v) is 4.02. The molecule has 138 valence electrons. The fraction of sp³-hybridized carbons (Fsp3) is 0.524. The van der Waals surface area contributed by atoms with Crippen molar-refractivity contribution in [3.63, 3.8) is 0 Å². The summed E-state index contributed by atoms with van der Waals surface area (Å²) in [6, 6.07) is 13.6. The molecule has 0 unspecified atom stereocenters. The van der Waals surface area contributed by atoms with Crippen LogP contribution >= 0.6 is 0 Å². The zero-order valence-electron chi connectivity index (χ0n) is 15.7. The van der Waals surface area contributed by atoms with Crippen LogP contribution in [0.3, 0.4) is 0 Å². The summed E-state index contributed by atoms with van der Waals surface area (Å²) < 4.78 is 5.96. The Balaban J connectivity index is 1.42. The van der Waals surface area contributed by atoms with Gasteiger partial charge in [0.2, 0.25) is 0 Å². The third-order valence-electron chi connectivity index (χ3n) is 5.42. The number of ether oxygens (including phenoxy) is 1. The lowest BCUT2D eigenvalue weighted by Gasteiger charge is -2.48. The highest BCUT2D eigenvalue weighted by Gasteiger charge is 2.36. The van der Waals surface area contributed by atoms with E-state index in [1.165, 1.54) is 5.56 Å². The van der Waals surface area contributed by atoms with Crippen molar-refractivity contribution in [1.82, 2.24) is 19.8 Å². The van der Waals surface area contributed by atoms with Crippen molar-refractivity contribution in [3.8, 4) is 0 Å². The van der Waals surface area contributed by atoms with Gasteiger partial charge < -0.3 is 4.74 Å². The van der Waals surface area contributed by atoms with E-state index in [1.807, 2.05) is 12.3 Å². The van der Waals surface area contributed by atoms with Crippen LogP contribution < -0.4 is 0 Å². The number of morpholine rings is 1. The molecular formula is C21H28N4O. The summed E-state index contributed by atoms with van der Waals surface area (Å²) in [5.41, 5.74) is 2.48. The smallest absolute Gasteiger partial charge is 0.131 e. The third-order valence-corrected chi connectivity index (χ3v) is 5.42. The molecule has 2 aliphatic heterocycles. The van der Waals surface area contributed by atoms with E-state index in [0.717, 1.165) is 50.9 Å². The van der Waals surface area contributed by atoms with Crippen LogP contribution in [-0.4, -0.2) is 58.7 Å². The highest BCUT2D eigenvalue weighted by molar-refractivity contribution is 5.20. The predicted octanol–water partition coefficient (Wildman–Crippen LogP) is 2.86. The summed E-state index contributed by atoms with van der Waals surface area (Å²) >= 11 is 0. The molecule has 0 bridgehead atoms. The molecule has 5 nitrogen and oxygen atoms in total. The second-order valence-electron chi connectivity index (χ2n) is 7.65. The maximum Gasteiger partial charge on any atom is 0.131 e. The number of nitrogens with zero attached hydrogens (tertiary/aromatic N) is 4. The molecule has 2 atom stereocenters. The van der Waals surface area contributed by atoms with Crippen molar-refractivity contribution in [3.05, 3.63) is 59.7 Å². The summed E-state index contributed by atoms with van der Waals surface area (Å²) in [4.78, 5) is 14.3. The van der Waals surface area contributed by atoms with Gasteiger partial charge in [0.05, 0.1) is 24.9 Å². The van der Waals surface area contributed by atoms with Gasteiger partial charge in [0.15, 0.2) is 0 Å².